The van der Waals surface area contributed by atoms with Crippen LogP contribution in [-0.4, -0.2) is 51.9 Å². The van der Waals surface area contributed by atoms with Gasteiger partial charge in [0.1, 0.15) is 18.7 Å². The quantitative estimate of drug-likeness (QED) is 0.893. The van der Waals surface area contributed by atoms with Crippen molar-refractivity contribution in [2.45, 2.75) is 19.5 Å². The van der Waals surface area contributed by atoms with E-state index in [2.05, 4.69) is 20.3 Å². The van der Waals surface area contributed by atoms with Crippen molar-refractivity contribution in [3.63, 3.8) is 0 Å². The number of morpholine rings is 1. The third-order valence-corrected chi connectivity index (χ3v) is 4.38. The Labute approximate surface area is 145 Å². The average molecular weight is 350 g/mol. The fourth-order valence-corrected chi connectivity index (χ4v) is 2.78. The average Bonchev–Trinajstić information content (AvgIpc) is 3.12. The first-order valence-corrected chi connectivity index (χ1v) is 8.25. The Morgan fingerprint density at radius 2 is 2.21 bits per heavy atom. The lowest BCUT2D eigenvalue weighted by Crippen LogP contribution is -2.35. The number of amides is 1. The molecule has 1 atom stereocenters. The standard InChI is InChI=1S/C16H20ClN5O2/c1-12(22-11-18-10-19-22)16(23)20-14-3-2-13(15(17)8-14)9-21-4-6-24-7-5-21/h2-3,8,10-12H,4-7,9H2,1H3,(H,20,23)/t12-/m0/s1. The lowest BCUT2D eigenvalue weighted by atomic mass is 10.1. The van der Waals surface area contributed by atoms with Gasteiger partial charge in [-0.15, -0.1) is 0 Å². The van der Waals surface area contributed by atoms with E-state index < -0.39 is 6.04 Å². The van der Waals surface area contributed by atoms with Crippen molar-refractivity contribution in [1.82, 2.24) is 19.7 Å². The van der Waals surface area contributed by atoms with E-state index in [0.717, 1.165) is 38.4 Å². The van der Waals surface area contributed by atoms with Gasteiger partial charge in [0.2, 0.25) is 5.91 Å². The fourth-order valence-electron chi connectivity index (χ4n) is 2.54. The summed E-state index contributed by atoms with van der Waals surface area (Å²) in [6, 6.07) is 5.16. The zero-order chi connectivity index (χ0) is 16.9. The number of carbonyl (C=O) groups is 1. The SMILES string of the molecule is C[C@@H](C(=O)Nc1ccc(CN2CCOCC2)c(Cl)c1)n1cncn1. The normalized spacial score (nSPS) is 16.8. The van der Waals surface area contributed by atoms with Crippen LogP contribution in [0.1, 0.15) is 18.5 Å². The van der Waals surface area contributed by atoms with Crippen LogP contribution in [-0.2, 0) is 16.1 Å². The van der Waals surface area contributed by atoms with E-state index in [1.165, 1.54) is 17.3 Å². The van der Waals surface area contributed by atoms with Gasteiger partial charge in [0.05, 0.1) is 13.2 Å². The van der Waals surface area contributed by atoms with Crippen molar-refractivity contribution in [2.75, 3.05) is 31.6 Å². The Bertz CT molecular complexity index is 686. The number of aromatic nitrogens is 3. The van der Waals surface area contributed by atoms with E-state index >= 15 is 0 Å². The Morgan fingerprint density at radius 1 is 1.42 bits per heavy atom. The molecule has 1 aliphatic rings. The van der Waals surface area contributed by atoms with Crippen molar-refractivity contribution < 1.29 is 9.53 Å². The Kier molecular flexibility index (Phi) is 5.44. The van der Waals surface area contributed by atoms with E-state index in [-0.39, 0.29) is 5.91 Å². The summed E-state index contributed by atoms with van der Waals surface area (Å²) in [6.07, 6.45) is 2.92. The van der Waals surface area contributed by atoms with Crippen molar-refractivity contribution in [1.29, 1.82) is 0 Å². The molecule has 0 saturated carbocycles. The Morgan fingerprint density at radius 3 is 2.88 bits per heavy atom. The number of nitrogens with zero attached hydrogens (tertiary/aromatic N) is 4. The summed E-state index contributed by atoms with van der Waals surface area (Å²) in [4.78, 5) is 18.4. The van der Waals surface area contributed by atoms with E-state index in [4.69, 9.17) is 16.3 Å². The van der Waals surface area contributed by atoms with Crippen LogP contribution >= 0.6 is 11.6 Å². The summed E-state index contributed by atoms with van der Waals surface area (Å²) < 4.78 is 6.85. The number of benzene rings is 1. The summed E-state index contributed by atoms with van der Waals surface area (Å²) in [5.74, 6) is -0.169. The summed E-state index contributed by atoms with van der Waals surface area (Å²) in [7, 11) is 0. The highest BCUT2D eigenvalue weighted by Gasteiger charge is 2.17. The minimum atomic E-state index is -0.445. The molecule has 128 valence electrons. The van der Waals surface area contributed by atoms with Gasteiger partial charge in [0, 0.05) is 30.3 Å². The molecular formula is C16H20ClN5O2. The number of carbonyl (C=O) groups excluding carboxylic acids is 1. The van der Waals surface area contributed by atoms with Gasteiger partial charge in [-0.2, -0.15) is 5.10 Å². The number of anilines is 1. The molecule has 8 heteroatoms. The molecule has 0 spiro atoms. The second-order valence-corrected chi connectivity index (χ2v) is 6.14. The van der Waals surface area contributed by atoms with E-state index in [1.54, 1.807) is 13.0 Å². The van der Waals surface area contributed by atoms with Crippen molar-refractivity contribution in [3.8, 4) is 0 Å². The highest BCUT2D eigenvalue weighted by atomic mass is 35.5. The summed E-state index contributed by atoms with van der Waals surface area (Å²) in [6.45, 7) is 5.87. The molecule has 0 unspecified atom stereocenters. The Hall–Kier alpha value is -1.96. The summed E-state index contributed by atoms with van der Waals surface area (Å²) in [5.41, 5.74) is 1.71. The van der Waals surface area contributed by atoms with Crippen LogP contribution in [0.2, 0.25) is 5.02 Å². The largest absolute Gasteiger partial charge is 0.379 e. The molecule has 1 fully saturated rings. The third kappa shape index (κ3) is 4.11. The first-order valence-electron chi connectivity index (χ1n) is 7.87. The van der Waals surface area contributed by atoms with Crippen LogP contribution in [0, 0.1) is 0 Å². The predicted octanol–water partition coefficient (Wildman–Crippen LogP) is 1.96. The number of hydrogen-bond acceptors (Lipinski definition) is 5. The van der Waals surface area contributed by atoms with Crippen LogP contribution in [0.3, 0.4) is 0 Å². The molecule has 1 aromatic heterocycles. The summed E-state index contributed by atoms with van der Waals surface area (Å²) in [5, 5.41) is 7.48. The molecule has 3 rings (SSSR count). The third-order valence-electron chi connectivity index (χ3n) is 4.03. The van der Waals surface area contributed by atoms with Crippen LogP contribution in [0.15, 0.2) is 30.9 Å². The lowest BCUT2D eigenvalue weighted by Gasteiger charge is -2.27. The van der Waals surface area contributed by atoms with E-state index in [1.807, 2.05) is 12.1 Å². The minimum absolute atomic E-state index is 0.169. The second kappa shape index (κ2) is 7.74. The van der Waals surface area contributed by atoms with Crippen LogP contribution in [0.5, 0.6) is 0 Å². The molecule has 0 bridgehead atoms. The lowest BCUT2D eigenvalue weighted by molar-refractivity contribution is -0.119. The van der Waals surface area contributed by atoms with E-state index in [9.17, 15) is 4.79 Å². The number of hydrogen-bond donors (Lipinski definition) is 1. The first kappa shape index (κ1) is 16.9. The van der Waals surface area contributed by atoms with Crippen LogP contribution in [0.4, 0.5) is 5.69 Å². The highest BCUT2D eigenvalue weighted by Crippen LogP contribution is 2.23. The Balaban J connectivity index is 1.62. The van der Waals surface area contributed by atoms with Gasteiger partial charge in [0.15, 0.2) is 0 Å². The van der Waals surface area contributed by atoms with Gasteiger partial charge in [-0.1, -0.05) is 17.7 Å². The molecule has 2 heterocycles. The second-order valence-electron chi connectivity index (χ2n) is 5.74. The van der Waals surface area contributed by atoms with Crippen molar-refractivity contribution in [2.24, 2.45) is 0 Å². The van der Waals surface area contributed by atoms with Crippen molar-refractivity contribution in [3.05, 3.63) is 41.4 Å². The van der Waals surface area contributed by atoms with Gasteiger partial charge in [-0.25, -0.2) is 9.67 Å². The van der Waals surface area contributed by atoms with Gasteiger partial charge in [-0.3, -0.25) is 9.69 Å². The number of halogens is 1. The molecule has 0 aliphatic carbocycles. The van der Waals surface area contributed by atoms with Gasteiger partial charge < -0.3 is 10.1 Å². The van der Waals surface area contributed by atoms with Crippen LogP contribution < -0.4 is 5.32 Å². The topological polar surface area (TPSA) is 72.3 Å². The molecule has 1 aromatic carbocycles. The van der Waals surface area contributed by atoms with Crippen molar-refractivity contribution >= 4 is 23.2 Å². The molecule has 7 nitrogen and oxygen atoms in total. The zero-order valence-corrected chi connectivity index (χ0v) is 14.2. The monoisotopic (exact) mass is 349 g/mol. The molecule has 24 heavy (non-hydrogen) atoms. The van der Waals surface area contributed by atoms with Gasteiger partial charge in [0.25, 0.3) is 0 Å². The summed E-state index contributed by atoms with van der Waals surface area (Å²) >= 11 is 6.37. The minimum Gasteiger partial charge on any atom is -0.379 e. The highest BCUT2D eigenvalue weighted by molar-refractivity contribution is 6.31. The maximum absolute atomic E-state index is 12.3. The number of nitrogens with one attached hydrogen (secondary N) is 1. The fraction of sp³-hybridized carbons (Fsp3) is 0.438. The molecular weight excluding hydrogens is 330 g/mol. The molecule has 1 saturated heterocycles. The van der Waals surface area contributed by atoms with Gasteiger partial charge >= 0.3 is 0 Å². The van der Waals surface area contributed by atoms with Crippen LogP contribution in [0.25, 0.3) is 0 Å². The molecule has 0 radical (unpaired) electrons. The molecule has 1 aliphatic heterocycles. The molecule has 2 aromatic rings. The first-order chi connectivity index (χ1) is 11.6. The van der Waals surface area contributed by atoms with E-state index in [0.29, 0.717) is 10.7 Å². The number of rotatable bonds is 5. The maximum Gasteiger partial charge on any atom is 0.249 e. The van der Waals surface area contributed by atoms with Gasteiger partial charge in [-0.05, 0) is 24.6 Å². The maximum atomic E-state index is 12.3. The number of ether oxygens (including phenoxy) is 1. The smallest absolute Gasteiger partial charge is 0.249 e. The molecule has 1 N–H and O–H groups in total. The predicted molar refractivity (Wildman–Crippen MR) is 90.9 cm³/mol. The zero-order valence-electron chi connectivity index (χ0n) is 13.5. The molecule has 1 amide bonds.